The molecule has 0 spiro atoms. The number of nitrogens with zero attached hydrogens (tertiary/aromatic N) is 5. The zero-order chi connectivity index (χ0) is 17.9. The first-order valence-corrected chi connectivity index (χ1v) is 8.84. The topological polar surface area (TPSA) is 63.9 Å². The maximum atomic E-state index is 11.4. The van der Waals surface area contributed by atoms with Crippen molar-refractivity contribution >= 4 is 18.7 Å². The van der Waals surface area contributed by atoms with E-state index in [9.17, 15) is 4.79 Å². The van der Waals surface area contributed by atoms with Crippen molar-refractivity contribution in [1.82, 2.24) is 24.6 Å². The molecule has 0 aliphatic carbocycles. The van der Waals surface area contributed by atoms with Crippen molar-refractivity contribution in [2.24, 2.45) is 0 Å². The highest BCUT2D eigenvalue weighted by molar-refractivity contribution is 5.85. The molecule has 0 saturated heterocycles. The standard InChI is InChI=1S/C20H21N5O.ClH/c1-15-18(13-23-25(15)20-21-9-4-10-22-20)19(8-12-26)24-11-7-16-5-2-3-6-17(16)14-24;/h2-6,9-10,12-13,19H,7-8,11,14H2,1H3;1H. The van der Waals surface area contributed by atoms with Gasteiger partial charge in [0.1, 0.15) is 6.29 Å². The molecule has 1 unspecified atom stereocenters. The van der Waals surface area contributed by atoms with E-state index in [2.05, 4.69) is 44.2 Å². The van der Waals surface area contributed by atoms with Crippen LogP contribution in [0.1, 0.15) is 34.8 Å². The Morgan fingerprint density at radius 1 is 1.15 bits per heavy atom. The maximum absolute atomic E-state index is 11.4. The van der Waals surface area contributed by atoms with E-state index in [1.165, 1.54) is 11.1 Å². The van der Waals surface area contributed by atoms with Gasteiger partial charge in [0.25, 0.3) is 5.95 Å². The lowest BCUT2D eigenvalue weighted by molar-refractivity contribution is -0.109. The molecule has 27 heavy (non-hydrogen) atoms. The number of rotatable bonds is 5. The van der Waals surface area contributed by atoms with Crippen LogP contribution in [0.2, 0.25) is 0 Å². The Bertz CT molecular complexity index is 912. The molecule has 0 fully saturated rings. The van der Waals surface area contributed by atoms with E-state index >= 15 is 0 Å². The predicted octanol–water partition coefficient (Wildman–Crippen LogP) is 3.08. The number of fused-ring (bicyclic) bond motifs is 1. The van der Waals surface area contributed by atoms with Gasteiger partial charge in [-0.15, -0.1) is 12.4 Å². The van der Waals surface area contributed by atoms with Gasteiger partial charge >= 0.3 is 0 Å². The summed E-state index contributed by atoms with van der Waals surface area (Å²) in [5.41, 5.74) is 4.77. The van der Waals surface area contributed by atoms with Crippen LogP contribution in [0.5, 0.6) is 0 Å². The Balaban J connectivity index is 0.00000210. The molecule has 3 heterocycles. The summed E-state index contributed by atoms with van der Waals surface area (Å²) in [5.74, 6) is 0.546. The number of benzene rings is 1. The number of aldehydes is 1. The van der Waals surface area contributed by atoms with Crippen LogP contribution >= 0.6 is 12.4 Å². The highest BCUT2D eigenvalue weighted by Gasteiger charge is 2.27. The quantitative estimate of drug-likeness (QED) is 0.633. The van der Waals surface area contributed by atoms with Crippen LogP contribution in [0.15, 0.2) is 48.9 Å². The van der Waals surface area contributed by atoms with Gasteiger partial charge in [0.15, 0.2) is 0 Å². The molecule has 1 aliphatic heterocycles. The van der Waals surface area contributed by atoms with Crippen LogP contribution in [0.3, 0.4) is 0 Å². The lowest BCUT2D eigenvalue weighted by Gasteiger charge is -2.35. The van der Waals surface area contributed by atoms with Gasteiger partial charge in [-0.2, -0.15) is 5.10 Å². The molecule has 2 aromatic heterocycles. The minimum Gasteiger partial charge on any atom is -0.303 e. The molecule has 1 aromatic carbocycles. The SMILES string of the molecule is Cc1c(C(CC=O)N2CCc3ccccc3C2)cnn1-c1ncccn1.Cl. The fraction of sp³-hybridized carbons (Fsp3) is 0.300. The summed E-state index contributed by atoms with van der Waals surface area (Å²) < 4.78 is 1.74. The van der Waals surface area contributed by atoms with E-state index in [-0.39, 0.29) is 18.4 Å². The molecule has 6 nitrogen and oxygen atoms in total. The monoisotopic (exact) mass is 383 g/mol. The molecule has 3 aromatic rings. The van der Waals surface area contributed by atoms with Crippen LogP contribution in [-0.4, -0.2) is 37.5 Å². The van der Waals surface area contributed by atoms with Crippen molar-refractivity contribution in [3.05, 3.63) is 71.3 Å². The second-order valence-corrected chi connectivity index (χ2v) is 6.55. The first-order valence-electron chi connectivity index (χ1n) is 8.84. The normalized spacial score (nSPS) is 14.9. The number of hydrogen-bond donors (Lipinski definition) is 0. The summed E-state index contributed by atoms with van der Waals surface area (Å²) in [4.78, 5) is 22.3. The molecule has 7 heteroatoms. The summed E-state index contributed by atoms with van der Waals surface area (Å²) in [6.07, 6.45) is 7.70. The van der Waals surface area contributed by atoms with Gasteiger partial charge in [-0.05, 0) is 30.5 Å². The Kier molecular flexibility index (Phi) is 5.98. The smallest absolute Gasteiger partial charge is 0.250 e. The van der Waals surface area contributed by atoms with Gasteiger partial charge in [0, 0.05) is 49.2 Å². The van der Waals surface area contributed by atoms with Gasteiger partial charge in [-0.1, -0.05) is 24.3 Å². The second kappa shape index (κ2) is 8.41. The lowest BCUT2D eigenvalue weighted by atomic mass is 9.95. The molecule has 140 valence electrons. The highest BCUT2D eigenvalue weighted by Crippen LogP contribution is 2.31. The van der Waals surface area contributed by atoms with Gasteiger partial charge in [-0.3, -0.25) is 4.90 Å². The van der Waals surface area contributed by atoms with Gasteiger partial charge in [0.05, 0.1) is 6.20 Å². The number of carbonyl (C=O) groups excluding carboxylic acids is 1. The number of aromatic nitrogens is 4. The number of halogens is 1. The first-order chi connectivity index (χ1) is 12.8. The van der Waals surface area contributed by atoms with Crippen molar-refractivity contribution in [1.29, 1.82) is 0 Å². The third-order valence-corrected chi connectivity index (χ3v) is 5.07. The van der Waals surface area contributed by atoms with E-state index in [0.717, 1.165) is 37.1 Å². The van der Waals surface area contributed by atoms with E-state index in [1.807, 2.05) is 13.1 Å². The van der Waals surface area contributed by atoms with Crippen LogP contribution in [0.25, 0.3) is 5.95 Å². The van der Waals surface area contributed by atoms with Gasteiger partial charge in [-0.25, -0.2) is 14.6 Å². The predicted molar refractivity (Wildman–Crippen MR) is 105 cm³/mol. The summed E-state index contributed by atoms with van der Waals surface area (Å²) in [6.45, 7) is 3.79. The zero-order valence-electron chi connectivity index (χ0n) is 15.2. The second-order valence-electron chi connectivity index (χ2n) is 6.55. The van der Waals surface area contributed by atoms with Crippen molar-refractivity contribution in [3.63, 3.8) is 0 Å². The third kappa shape index (κ3) is 3.77. The minimum atomic E-state index is 0. The Labute approximate surface area is 164 Å². The fourth-order valence-electron chi connectivity index (χ4n) is 3.70. The first kappa shape index (κ1) is 19.2. The van der Waals surface area contributed by atoms with Gasteiger partial charge < -0.3 is 4.79 Å². The van der Waals surface area contributed by atoms with Crippen molar-refractivity contribution < 1.29 is 4.79 Å². The summed E-state index contributed by atoms with van der Waals surface area (Å²) >= 11 is 0. The van der Waals surface area contributed by atoms with Crippen LogP contribution in [0.4, 0.5) is 0 Å². The van der Waals surface area contributed by atoms with Crippen LogP contribution < -0.4 is 0 Å². The molecule has 1 atom stereocenters. The largest absolute Gasteiger partial charge is 0.303 e. The summed E-state index contributed by atoms with van der Waals surface area (Å²) in [5, 5.41) is 4.48. The van der Waals surface area contributed by atoms with E-state index in [4.69, 9.17) is 0 Å². The number of hydrogen-bond acceptors (Lipinski definition) is 5. The van der Waals surface area contributed by atoms with E-state index < -0.39 is 0 Å². The average molecular weight is 384 g/mol. The molecule has 0 radical (unpaired) electrons. The minimum absolute atomic E-state index is 0. The van der Waals surface area contributed by atoms with Crippen LogP contribution in [-0.2, 0) is 17.8 Å². The van der Waals surface area contributed by atoms with Gasteiger partial charge in [0.2, 0.25) is 0 Å². The summed E-state index contributed by atoms with van der Waals surface area (Å²) in [6, 6.07) is 10.3. The zero-order valence-corrected chi connectivity index (χ0v) is 16.0. The Hall–Kier alpha value is -2.57. The van der Waals surface area contributed by atoms with Crippen molar-refractivity contribution in [2.75, 3.05) is 6.54 Å². The highest BCUT2D eigenvalue weighted by atomic mass is 35.5. The van der Waals surface area contributed by atoms with Crippen molar-refractivity contribution in [3.8, 4) is 5.95 Å². The molecular formula is C20H22ClN5O. The van der Waals surface area contributed by atoms with E-state index in [1.54, 1.807) is 23.1 Å². The average Bonchev–Trinajstić information content (AvgIpc) is 3.07. The maximum Gasteiger partial charge on any atom is 0.250 e. The van der Waals surface area contributed by atoms with E-state index in [0.29, 0.717) is 12.4 Å². The fourth-order valence-corrected chi connectivity index (χ4v) is 3.70. The Morgan fingerprint density at radius 3 is 2.63 bits per heavy atom. The van der Waals surface area contributed by atoms with Crippen LogP contribution in [0, 0.1) is 6.92 Å². The molecule has 0 N–H and O–H groups in total. The molecule has 0 amide bonds. The lowest BCUT2D eigenvalue weighted by Crippen LogP contribution is -2.34. The third-order valence-electron chi connectivity index (χ3n) is 5.07. The molecular weight excluding hydrogens is 362 g/mol. The molecule has 4 rings (SSSR count). The molecule has 0 saturated carbocycles. The molecule has 0 bridgehead atoms. The molecule has 1 aliphatic rings. The van der Waals surface area contributed by atoms with Crippen molar-refractivity contribution in [2.45, 2.75) is 32.4 Å². The Morgan fingerprint density at radius 2 is 1.89 bits per heavy atom. The summed E-state index contributed by atoms with van der Waals surface area (Å²) in [7, 11) is 0. The number of carbonyl (C=O) groups is 1.